The lowest BCUT2D eigenvalue weighted by molar-refractivity contribution is 0.102. The highest BCUT2D eigenvalue weighted by atomic mass is 35.5. The second kappa shape index (κ2) is 6.41. The molecular weight excluding hydrogens is 330 g/mol. The Kier molecular flexibility index (Phi) is 4.31. The molecule has 3 rings (SSSR count). The van der Waals surface area contributed by atoms with Crippen molar-refractivity contribution in [2.75, 3.05) is 12.4 Å². The largest absolute Gasteiger partial charge is 0.495 e. The van der Waals surface area contributed by atoms with E-state index in [9.17, 15) is 4.79 Å². The molecule has 0 fully saturated rings. The third kappa shape index (κ3) is 3.14. The van der Waals surface area contributed by atoms with Crippen LogP contribution in [0.15, 0.2) is 34.7 Å². The first-order valence-corrected chi connectivity index (χ1v) is 7.63. The monoisotopic (exact) mass is 345 g/mol. The fraction of sp³-hybridized carbons (Fsp3) is 0.176. The van der Waals surface area contributed by atoms with Crippen LogP contribution in [0.3, 0.4) is 0 Å². The number of aromatic nitrogens is 2. The molecule has 0 bridgehead atoms. The Labute approximate surface area is 143 Å². The first-order valence-electron chi connectivity index (χ1n) is 7.25. The van der Waals surface area contributed by atoms with Gasteiger partial charge in [-0.2, -0.15) is 5.10 Å². The normalized spacial score (nSPS) is 10.7. The maximum atomic E-state index is 12.4. The zero-order valence-electron chi connectivity index (χ0n) is 13.4. The number of ether oxygens (including phenoxy) is 1. The van der Waals surface area contributed by atoms with Crippen molar-refractivity contribution in [2.24, 2.45) is 0 Å². The average molecular weight is 346 g/mol. The number of amides is 1. The van der Waals surface area contributed by atoms with Gasteiger partial charge in [0.25, 0.3) is 5.91 Å². The summed E-state index contributed by atoms with van der Waals surface area (Å²) in [7, 11) is 1.52. The van der Waals surface area contributed by atoms with Crippen molar-refractivity contribution in [2.45, 2.75) is 13.8 Å². The summed E-state index contributed by atoms with van der Waals surface area (Å²) in [5, 5.41) is 10.2. The summed E-state index contributed by atoms with van der Waals surface area (Å²) in [4.78, 5) is 12.4. The van der Waals surface area contributed by atoms with Crippen molar-refractivity contribution in [3.8, 4) is 17.2 Å². The number of benzene rings is 1. The van der Waals surface area contributed by atoms with Gasteiger partial charge in [0.1, 0.15) is 17.2 Å². The molecule has 0 unspecified atom stereocenters. The molecule has 0 atom stereocenters. The summed E-state index contributed by atoms with van der Waals surface area (Å²) in [5.41, 5.74) is 2.24. The van der Waals surface area contributed by atoms with Gasteiger partial charge in [0, 0.05) is 17.2 Å². The van der Waals surface area contributed by atoms with Crippen LogP contribution in [-0.4, -0.2) is 23.2 Å². The van der Waals surface area contributed by atoms with Gasteiger partial charge in [-0.3, -0.25) is 9.89 Å². The van der Waals surface area contributed by atoms with Gasteiger partial charge in [-0.1, -0.05) is 11.6 Å². The number of furan rings is 1. The van der Waals surface area contributed by atoms with E-state index in [0.717, 1.165) is 11.3 Å². The smallest absolute Gasteiger partial charge is 0.276 e. The van der Waals surface area contributed by atoms with Crippen molar-refractivity contribution in [1.82, 2.24) is 10.2 Å². The van der Waals surface area contributed by atoms with Crippen molar-refractivity contribution in [1.29, 1.82) is 0 Å². The molecule has 2 aromatic heterocycles. The van der Waals surface area contributed by atoms with E-state index in [1.165, 1.54) is 7.11 Å². The third-order valence-corrected chi connectivity index (χ3v) is 3.95. The minimum absolute atomic E-state index is 0.244. The lowest BCUT2D eigenvalue weighted by atomic mass is 10.2. The summed E-state index contributed by atoms with van der Waals surface area (Å²) in [6, 6.07) is 8.70. The van der Waals surface area contributed by atoms with Gasteiger partial charge in [0.05, 0.1) is 12.8 Å². The Hall–Kier alpha value is -2.73. The topological polar surface area (TPSA) is 80.1 Å². The van der Waals surface area contributed by atoms with Crippen molar-refractivity contribution in [3.63, 3.8) is 0 Å². The predicted octanol–water partition coefficient (Wildman–Crippen LogP) is 4.20. The van der Waals surface area contributed by atoms with Gasteiger partial charge >= 0.3 is 0 Å². The van der Waals surface area contributed by atoms with Crippen LogP contribution >= 0.6 is 11.6 Å². The molecule has 0 saturated carbocycles. The molecular formula is C17H16ClN3O3. The second-order valence-corrected chi connectivity index (χ2v) is 5.74. The number of halogens is 1. The zero-order chi connectivity index (χ0) is 17.3. The molecule has 2 heterocycles. The second-order valence-electron chi connectivity index (χ2n) is 5.33. The molecule has 1 amide bonds. The number of rotatable bonds is 4. The van der Waals surface area contributed by atoms with Gasteiger partial charge < -0.3 is 14.5 Å². The fourth-order valence-corrected chi connectivity index (χ4v) is 2.41. The highest BCUT2D eigenvalue weighted by molar-refractivity contribution is 6.31. The maximum absolute atomic E-state index is 12.4. The SMILES string of the molecule is COc1cc(Cl)c(C)cc1NC(=O)c1cc(-c2ccc(C)o2)[nH]n1. The van der Waals surface area contributed by atoms with E-state index in [2.05, 4.69) is 15.5 Å². The van der Waals surface area contributed by atoms with Crippen LogP contribution in [0.25, 0.3) is 11.5 Å². The quantitative estimate of drug-likeness (QED) is 0.742. The van der Waals surface area contributed by atoms with Gasteiger partial charge in [-0.05, 0) is 37.6 Å². The van der Waals surface area contributed by atoms with Gasteiger partial charge in [0.15, 0.2) is 11.5 Å². The number of aromatic amines is 1. The van der Waals surface area contributed by atoms with E-state index in [1.54, 1.807) is 18.2 Å². The Morgan fingerprint density at radius 2 is 2.08 bits per heavy atom. The van der Waals surface area contributed by atoms with E-state index < -0.39 is 0 Å². The highest BCUT2D eigenvalue weighted by Crippen LogP contribution is 2.31. The summed E-state index contributed by atoms with van der Waals surface area (Å²) in [6.45, 7) is 3.70. The van der Waals surface area contributed by atoms with E-state index in [-0.39, 0.29) is 11.6 Å². The number of carbonyl (C=O) groups is 1. The van der Waals surface area contributed by atoms with E-state index >= 15 is 0 Å². The molecule has 7 heteroatoms. The third-order valence-electron chi connectivity index (χ3n) is 3.55. The molecule has 3 aromatic rings. The minimum Gasteiger partial charge on any atom is -0.495 e. The lowest BCUT2D eigenvalue weighted by Crippen LogP contribution is -2.13. The Bertz CT molecular complexity index is 898. The van der Waals surface area contributed by atoms with E-state index in [1.807, 2.05) is 26.0 Å². The number of H-pyrrole nitrogens is 1. The van der Waals surface area contributed by atoms with Crippen LogP contribution < -0.4 is 10.1 Å². The molecule has 0 aliphatic carbocycles. The number of hydrogen-bond acceptors (Lipinski definition) is 4. The summed E-state index contributed by atoms with van der Waals surface area (Å²) in [6.07, 6.45) is 0. The van der Waals surface area contributed by atoms with E-state index in [0.29, 0.717) is 27.9 Å². The van der Waals surface area contributed by atoms with Crippen molar-refractivity contribution < 1.29 is 13.9 Å². The number of carbonyl (C=O) groups excluding carboxylic acids is 1. The molecule has 1 aromatic carbocycles. The molecule has 0 radical (unpaired) electrons. The highest BCUT2D eigenvalue weighted by Gasteiger charge is 2.16. The summed E-state index contributed by atoms with van der Waals surface area (Å²) < 4.78 is 10.8. The molecule has 0 saturated heterocycles. The first kappa shape index (κ1) is 16.1. The van der Waals surface area contributed by atoms with Crippen LogP contribution in [0.1, 0.15) is 21.8 Å². The van der Waals surface area contributed by atoms with E-state index in [4.69, 9.17) is 20.8 Å². The number of methoxy groups -OCH3 is 1. The van der Waals surface area contributed by atoms with Crippen LogP contribution in [0, 0.1) is 13.8 Å². The van der Waals surface area contributed by atoms with Crippen molar-refractivity contribution >= 4 is 23.2 Å². The Morgan fingerprint density at radius 1 is 1.29 bits per heavy atom. The number of anilines is 1. The molecule has 2 N–H and O–H groups in total. The predicted molar refractivity (Wildman–Crippen MR) is 91.7 cm³/mol. The molecule has 6 nitrogen and oxygen atoms in total. The first-order chi connectivity index (χ1) is 11.5. The number of nitrogens with zero attached hydrogens (tertiary/aromatic N) is 1. The Balaban J connectivity index is 1.83. The van der Waals surface area contributed by atoms with Crippen LogP contribution in [0.5, 0.6) is 5.75 Å². The van der Waals surface area contributed by atoms with Gasteiger partial charge in [0.2, 0.25) is 0 Å². The van der Waals surface area contributed by atoms with Crippen LogP contribution in [0.4, 0.5) is 5.69 Å². The number of nitrogens with one attached hydrogen (secondary N) is 2. The van der Waals surface area contributed by atoms with Crippen LogP contribution in [-0.2, 0) is 0 Å². The van der Waals surface area contributed by atoms with Crippen molar-refractivity contribution in [3.05, 3.63) is 52.4 Å². The van der Waals surface area contributed by atoms with Crippen LogP contribution in [0.2, 0.25) is 5.02 Å². The zero-order valence-corrected chi connectivity index (χ0v) is 14.2. The molecule has 0 spiro atoms. The molecule has 124 valence electrons. The van der Waals surface area contributed by atoms with Gasteiger partial charge in [-0.15, -0.1) is 0 Å². The standard InChI is InChI=1S/C17H16ClN3O3/c1-9-6-12(16(23-3)7-11(9)18)19-17(22)14-8-13(20-21-14)15-5-4-10(2)24-15/h4-8H,1-3H3,(H,19,22)(H,20,21). The minimum atomic E-state index is -0.360. The average Bonchev–Trinajstić information content (AvgIpc) is 3.19. The number of hydrogen-bond donors (Lipinski definition) is 2. The Morgan fingerprint density at radius 3 is 2.75 bits per heavy atom. The number of aryl methyl sites for hydroxylation is 2. The lowest BCUT2D eigenvalue weighted by Gasteiger charge is -2.11. The maximum Gasteiger partial charge on any atom is 0.276 e. The summed E-state index contributed by atoms with van der Waals surface area (Å²) in [5.74, 6) is 1.53. The molecule has 0 aliphatic rings. The summed E-state index contributed by atoms with van der Waals surface area (Å²) >= 11 is 6.07. The molecule has 0 aliphatic heterocycles. The molecule has 24 heavy (non-hydrogen) atoms. The fourth-order valence-electron chi connectivity index (χ4n) is 2.26. The van der Waals surface area contributed by atoms with Gasteiger partial charge in [-0.25, -0.2) is 0 Å².